The Morgan fingerprint density at radius 2 is 1.70 bits per heavy atom. The molecule has 1 aliphatic rings. The Hall–Kier alpha value is -0.780. The van der Waals surface area contributed by atoms with Crippen molar-refractivity contribution in [2.24, 2.45) is 0 Å². The van der Waals surface area contributed by atoms with Gasteiger partial charge in [-0.25, -0.2) is 0 Å². The van der Waals surface area contributed by atoms with E-state index in [1.807, 2.05) is 30.3 Å². The van der Waals surface area contributed by atoms with Crippen LogP contribution in [-0.4, -0.2) is 37.3 Å². The molecule has 1 fully saturated rings. The molecule has 1 atom stereocenters. The summed E-state index contributed by atoms with van der Waals surface area (Å²) in [5.74, 6) is 0. The fourth-order valence-electron chi connectivity index (χ4n) is 2.53. The summed E-state index contributed by atoms with van der Waals surface area (Å²) in [6.07, 6.45) is -4.68. The fraction of sp³-hybridized carbons (Fsp3) is 0.571. The molecule has 1 saturated heterocycles. The van der Waals surface area contributed by atoms with Crippen molar-refractivity contribution in [2.75, 3.05) is 26.2 Å². The van der Waals surface area contributed by atoms with E-state index in [0.29, 0.717) is 0 Å². The van der Waals surface area contributed by atoms with Gasteiger partial charge in [0.15, 0.2) is 0 Å². The quantitative estimate of drug-likeness (QED) is 0.917. The van der Waals surface area contributed by atoms with Crippen LogP contribution in [0.4, 0.5) is 13.2 Å². The number of piperazine rings is 1. The van der Waals surface area contributed by atoms with Crippen molar-refractivity contribution in [3.05, 3.63) is 35.9 Å². The predicted octanol–water partition coefficient (Wildman–Crippen LogP) is 3.40. The topological polar surface area (TPSA) is 15.3 Å². The number of halogens is 4. The van der Waals surface area contributed by atoms with Gasteiger partial charge in [0.2, 0.25) is 0 Å². The Labute approximate surface area is 123 Å². The highest BCUT2D eigenvalue weighted by Crippen LogP contribution is 2.31. The van der Waals surface area contributed by atoms with Gasteiger partial charge in [0.1, 0.15) is 0 Å². The maximum Gasteiger partial charge on any atom is 0.389 e. The van der Waals surface area contributed by atoms with Gasteiger partial charge in [0, 0.05) is 38.6 Å². The van der Waals surface area contributed by atoms with Crippen molar-refractivity contribution in [3.63, 3.8) is 0 Å². The number of nitrogens with one attached hydrogen (secondary N) is 1. The molecular weight excluding hydrogens is 289 g/mol. The van der Waals surface area contributed by atoms with Crippen LogP contribution < -0.4 is 5.32 Å². The van der Waals surface area contributed by atoms with Gasteiger partial charge >= 0.3 is 6.18 Å². The molecule has 1 heterocycles. The molecule has 2 nitrogen and oxygen atoms in total. The van der Waals surface area contributed by atoms with Crippen LogP contribution in [0.1, 0.15) is 24.4 Å². The highest BCUT2D eigenvalue weighted by atomic mass is 35.5. The van der Waals surface area contributed by atoms with E-state index in [4.69, 9.17) is 0 Å². The van der Waals surface area contributed by atoms with Crippen LogP contribution >= 0.6 is 12.4 Å². The lowest BCUT2D eigenvalue weighted by Gasteiger charge is -2.35. The molecule has 0 aliphatic carbocycles. The minimum atomic E-state index is -4.08. The maximum absolute atomic E-state index is 12.5. The summed E-state index contributed by atoms with van der Waals surface area (Å²) >= 11 is 0. The highest BCUT2D eigenvalue weighted by Gasteiger charge is 2.31. The average molecular weight is 309 g/mol. The van der Waals surface area contributed by atoms with Crippen molar-refractivity contribution >= 4 is 12.4 Å². The highest BCUT2D eigenvalue weighted by molar-refractivity contribution is 5.85. The molecule has 0 aromatic heterocycles. The smallest absolute Gasteiger partial charge is 0.314 e. The predicted molar refractivity (Wildman–Crippen MR) is 76.2 cm³/mol. The molecule has 1 aromatic carbocycles. The zero-order chi connectivity index (χ0) is 13.7. The van der Waals surface area contributed by atoms with Crippen LogP contribution in [0.2, 0.25) is 0 Å². The molecule has 6 heteroatoms. The fourth-order valence-corrected chi connectivity index (χ4v) is 2.53. The van der Waals surface area contributed by atoms with Gasteiger partial charge in [-0.05, 0) is 12.0 Å². The minimum Gasteiger partial charge on any atom is -0.314 e. The zero-order valence-corrected chi connectivity index (χ0v) is 12.0. The first-order chi connectivity index (χ1) is 9.06. The van der Waals surface area contributed by atoms with Crippen LogP contribution in [-0.2, 0) is 0 Å². The minimum absolute atomic E-state index is 0. The van der Waals surface area contributed by atoms with Crippen molar-refractivity contribution in [1.82, 2.24) is 10.2 Å². The van der Waals surface area contributed by atoms with Gasteiger partial charge in [-0.15, -0.1) is 12.4 Å². The Kier molecular flexibility index (Phi) is 6.79. The normalized spacial score (nSPS) is 18.4. The molecule has 114 valence electrons. The summed E-state index contributed by atoms with van der Waals surface area (Å²) in [6.45, 7) is 3.29. The molecular formula is C14H20ClF3N2. The number of hydrogen-bond donors (Lipinski definition) is 1. The van der Waals surface area contributed by atoms with E-state index in [1.54, 1.807) is 0 Å². The summed E-state index contributed by atoms with van der Waals surface area (Å²) in [7, 11) is 0. The largest absolute Gasteiger partial charge is 0.389 e. The molecule has 1 aliphatic heterocycles. The Morgan fingerprint density at radius 1 is 1.10 bits per heavy atom. The third-order valence-electron chi connectivity index (χ3n) is 3.48. The monoisotopic (exact) mass is 308 g/mol. The second kappa shape index (κ2) is 7.86. The second-order valence-corrected chi connectivity index (χ2v) is 4.87. The van der Waals surface area contributed by atoms with E-state index < -0.39 is 12.6 Å². The van der Waals surface area contributed by atoms with Gasteiger partial charge in [0.25, 0.3) is 0 Å². The summed E-state index contributed by atoms with van der Waals surface area (Å²) in [5, 5.41) is 3.23. The molecule has 0 amide bonds. The standard InChI is InChI=1S/C14H19F3N2.ClH/c15-14(16,17)7-6-13(12-4-2-1-3-5-12)19-10-8-18-9-11-19;/h1-5,13,18H,6-11H2;1H/t13-;/m1./s1. The van der Waals surface area contributed by atoms with Crippen molar-refractivity contribution in [1.29, 1.82) is 0 Å². The summed E-state index contributed by atoms with van der Waals surface area (Å²) in [6, 6.07) is 9.37. The molecule has 0 bridgehead atoms. The van der Waals surface area contributed by atoms with Crippen LogP contribution in [0.25, 0.3) is 0 Å². The van der Waals surface area contributed by atoms with Gasteiger partial charge in [-0.3, -0.25) is 4.90 Å². The van der Waals surface area contributed by atoms with Crippen LogP contribution in [0.15, 0.2) is 30.3 Å². The number of benzene rings is 1. The lowest BCUT2D eigenvalue weighted by molar-refractivity contribution is -0.138. The van der Waals surface area contributed by atoms with Crippen molar-refractivity contribution in [2.45, 2.75) is 25.1 Å². The van der Waals surface area contributed by atoms with Gasteiger partial charge in [-0.1, -0.05) is 30.3 Å². The molecule has 0 saturated carbocycles. The van der Waals surface area contributed by atoms with Crippen LogP contribution in [0, 0.1) is 0 Å². The zero-order valence-electron chi connectivity index (χ0n) is 11.2. The van der Waals surface area contributed by atoms with E-state index >= 15 is 0 Å². The SMILES string of the molecule is Cl.FC(F)(F)CC[C@H](c1ccccc1)N1CCNCC1. The molecule has 1 aromatic rings. The average Bonchev–Trinajstić information content (AvgIpc) is 2.40. The second-order valence-electron chi connectivity index (χ2n) is 4.87. The van der Waals surface area contributed by atoms with E-state index in [0.717, 1.165) is 31.7 Å². The first-order valence-corrected chi connectivity index (χ1v) is 6.63. The maximum atomic E-state index is 12.5. The number of rotatable bonds is 4. The van der Waals surface area contributed by atoms with Crippen molar-refractivity contribution < 1.29 is 13.2 Å². The first kappa shape index (κ1) is 17.3. The Balaban J connectivity index is 0.00000200. The third-order valence-corrected chi connectivity index (χ3v) is 3.48. The van der Waals surface area contributed by atoms with Gasteiger partial charge < -0.3 is 5.32 Å². The van der Waals surface area contributed by atoms with E-state index in [1.165, 1.54) is 0 Å². The summed E-state index contributed by atoms with van der Waals surface area (Å²) in [4.78, 5) is 2.15. The van der Waals surface area contributed by atoms with Gasteiger partial charge in [-0.2, -0.15) is 13.2 Å². The molecule has 0 radical (unpaired) electrons. The molecule has 1 N–H and O–H groups in total. The number of nitrogens with zero attached hydrogens (tertiary/aromatic N) is 1. The summed E-state index contributed by atoms with van der Waals surface area (Å²) in [5.41, 5.74) is 0.980. The van der Waals surface area contributed by atoms with E-state index in [-0.39, 0.29) is 24.9 Å². The van der Waals surface area contributed by atoms with Crippen LogP contribution in [0.3, 0.4) is 0 Å². The van der Waals surface area contributed by atoms with E-state index in [9.17, 15) is 13.2 Å². The Morgan fingerprint density at radius 3 is 2.25 bits per heavy atom. The third kappa shape index (κ3) is 5.31. The van der Waals surface area contributed by atoms with Crippen molar-refractivity contribution in [3.8, 4) is 0 Å². The first-order valence-electron chi connectivity index (χ1n) is 6.63. The van der Waals surface area contributed by atoms with Gasteiger partial charge in [0.05, 0.1) is 0 Å². The Bertz CT molecular complexity index is 378. The number of alkyl halides is 3. The molecule has 20 heavy (non-hydrogen) atoms. The van der Waals surface area contributed by atoms with E-state index in [2.05, 4.69) is 10.2 Å². The lowest BCUT2D eigenvalue weighted by atomic mass is 9.99. The molecule has 2 rings (SSSR count). The molecule has 0 spiro atoms. The number of hydrogen-bond acceptors (Lipinski definition) is 2. The van der Waals surface area contributed by atoms with Crippen LogP contribution in [0.5, 0.6) is 0 Å². The lowest BCUT2D eigenvalue weighted by Crippen LogP contribution is -2.45. The summed E-state index contributed by atoms with van der Waals surface area (Å²) < 4.78 is 37.4. The molecule has 0 unspecified atom stereocenters.